The molecule has 0 fully saturated rings. The molecule has 1 heterocycles. The van der Waals surface area contributed by atoms with Crippen LogP contribution in [0.1, 0.15) is 0 Å². The summed E-state index contributed by atoms with van der Waals surface area (Å²) in [6, 6.07) is 1.87. The van der Waals surface area contributed by atoms with Gasteiger partial charge in [0.1, 0.15) is 11.6 Å². The van der Waals surface area contributed by atoms with E-state index in [2.05, 4.69) is 25.7 Å². The van der Waals surface area contributed by atoms with E-state index in [9.17, 15) is 0 Å². The number of rotatable bonds is 4. The van der Waals surface area contributed by atoms with Gasteiger partial charge in [-0.25, -0.2) is 0 Å². The maximum absolute atomic E-state index is 4.22. The van der Waals surface area contributed by atoms with E-state index < -0.39 is 0 Å². The van der Waals surface area contributed by atoms with Crippen LogP contribution in [0, 0.1) is 0 Å². The normalized spacial score (nSPS) is 9.08. The van der Waals surface area contributed by atoms with Crippen molar-refractivity contribution in [1.29, 1.82) is 0 Å². The van der Waals surface area contributed by atoms with Gasteiger partial charge in [-0.3, -0.25) is 0 Å². The van der Waals surface area contributed by atoms with Gasteiger partial charge in [-0.1, -0.05) is 6.82 Å². The largest absolute Gasteiger partial charge is 0.416 e. The Kier molecular flexibility index (Phi) is 3.42. The summed E-state index contributed by atoms with van der Waals surface area (Å²) in [7, 11) is 4.48. The molecular weight excluding hydrogens is 164 g/mol. The molecule has 0 unspecified atom stereocenters. The highest BCUT2D eigenvalue weighted by molar-refractivity contribution is 6.38. The number of nitrogens with zero attached hydrogens (tertiary/aromatic N) is 2. The monoisotopic (exact) mass is 177 g/mol. The molecular formula is C6H13B2N5. The summed E-state index contributed by atoms with van der Waals surface area (Å²) in [6.45, 7) is 2.03. The molecule has 0 atom stereocenters. The van der Waals surface area contributed by atoms with Crippen molar-refractivity contribution in [3.05, 3.63) is 6.07 Å². The van der Waals surface area contributed by atoms with Crippen LogP contribution in [-0.4, -0.2) is 32.4 Å². The van der Waals surface area contributed by atoms with Gasteiger partial charge in [0.05, 0.1) is 0 Å². The molecule has 68 valence electrons. The highest BCUT2D eigenvalue weighted by atomic mass is 15.1. The highest BCUT2D eigenvalue weighted by Gasteiger charge is 2.00. The third-order valence-corrected chi connectivity index (χ3v) is 1.56. The lowest BCUT2D eigenvalue weighted by molar-refractivity contribution is 1.18. The van der Waals surface area contributed by atoms with Crippen LogP contribution < -0.4 is 15.8 Å². The molecule has 1 rings (SSSR count). The zero-order valence-corrected chi connectivity index (χ0v) is 8.18. The van der Waals surface area contributed by atoms with E-state index in [1.165, 1.54) is 0 Å². The van der Waals surface area contributed by atoms with Crippen LogP contribution in [0.5, 0.6) is 0 Å². The van der Waals surface area contributed by atoms with Gasteiger partial charge < -0.3 is 15.8 Å². The molecule has 0 radical (unpaired) electrons. The van der Waals surface area contributed by atoms with Gasteiger partial charge in [-0.05, 0) is 0 Å². The highest BCUT2D eigenvalue weighted by Crippen LogP contribution is 2.12. The second kappa shape index (κ2) is 4.59. The summed E-state index contributed by atoms with van der Waals surface area (Å²) in [5.74, 6) is 2.24. The molecule has 1 aromatic heterocycles. The molecule has 0 spiro atoms. The Balaban J connectivity index is 2.93. The molecule has 0 aliphatic carbocycles. The maximum Gasteiger partial charge on any atom is 0.231 e. The first kappa shape index (κ1) is 9.70. The van der Waals surface area contributed by atoms with Crippen molar-refractivity contribution in [3.8, 4) is 0 Å². The van der Waals surface area contributed by atoms with Crippen LogP contribution in [0.25, 0.3) is 0 Å². The minimum atomic E-state index is 0.614. The summed E-state index contributed by atoms with van der Waals surface area (Å²) in [5.41, 5.74) is 0. The molecule has 5 nitrogen and oxygen atoms in total. The molecule has 0 bridgehead atoms. The number of anilines is 3. The average molecular weight is 177 g/mol. The van der Waals surface area contributed by atoms with E-state index in [1.54, 1.807) is 7.98 Å². The molecule has 13 heavy (non-hydrogen) atoms. The van der Waals surface area contributed by atoms with Crippen LogP contribution in [0.4, 0.5) is 17.6 Å². The molecule has 0 aliphatic rings. The Bertz CT molecular complexity index is 257. The molecule has 3 N–H and O–H groups in total. The van der Waals surface area contributed by atoms with E-state index in [4.69, 9.17) is 0 Å². The Labute approximate surface area is 79.4 Å². The first-order valence-electron chi connectivity index (χ1n) is 4.28. The first-order chi connectivity index (χ1) is 6.30. The number of hydrogen-bond donors (Lipinski definition) is 3. The fraction of sp³-hybridized carbons (Fsp3) is 0.333. The summed E-state index contributed by atoms with van der Waals surface area (Å²) in [4.78, 5) is 8.40. The van der Waals surface area contributed by atoms with Crippen LogP contribution in [0.15, 0.2) is 6.07 Å². The van der Waals surface area contributed by atoms with E-state index in [-0.39, 0.29) is 0 Å². The van der Waals surface area contributed by atoms with Crippen LogP contribution in [-0.2, 0) is 0 Å². The minimum Gasteiger partial charge on any atom is -0.416 e. The summed E-state index contributed by atoms with van der Waals surface area (Å²) in [5, 5.41) is 8.99. The van der Waals surface area contributed by atoms with Gasteiger partial charge in [0.25, 0.3) is 0 Å². The van der Waals surface area contributed by atoms with Gasteiger partial charge in [-0.15, -0.1) is 0 Å². The van der Waals surface area contributed by atoms with Gasteiger partial charge in [0.15, 0.2) is 0 Å². The molecule has 1 aromatic rings. The first-order valence-corrected chi connectivity index (χ1v) is 4.28. The van der Waals surface area contributed by atoms with Crippen molar-refractivity contribution < 1.29 is 0 Å². The van der Waals surface area contributed by atoms with Crippen molar-refractivity contribution >= 4 is 33.0 Å². The van der Waals surface area contributed by atoms with Crippen molar-refractivity contribution in [2.24, 2.45) is 0 Å². The Morgan fingerprint density at radius 3 is 2.62 bits per heavy atom. The predicted molar refractivity (Wildman–Crippen MR) is 60.4 cm³/mol. The zero-order valence-electron chi connectivity index (χ0n) is 8.18. The lowest BCUT2D eigenvalue weighted by Gasteiger charge is -2.07. The number of hydrogen-bond acceptors (Lipinski definition) is 5. The van der Waals surface area contributed by atoms with Crippen molar-refractivity contribution in [1.82, 2.24) is 9.97 Å². The molecule has 0 saturated carbocycles. The van der Waals surface area contributed by atoms with Gasteiger partial charge in [0.2, 0.25) is 21.3 Å². The zero-order chi connectivity index (χ0) is 9.68. The molecule has 0 amide bonds. The number of nitrogens with one attached hydrogen (secondary N) is 3. The fourth-order valence-corrected chi connectivity index (χ4v) is 0.959. The summed E-state index contributed by atoms with van der Waals surface area (Å²) in [6.07, 6.45) is 0. The van der Waals surface area contributed by atoms with Crippen LogP contribution in [0.2, 0.25) is 6.82 Å². The Hall–Kier alpha value is -1.39. The van der Waals surface area contributed by atoms with Crippen molar-refractivity contribution in [2.75, 3.05) is 22.8 Å². The average Bonchev–Trinajstić information content (AvgIpc) is 2.17. The third kappa shape index (κ3) is 2.54. The van der Waals surface area contributed by atoms with Gasteiger partial charge in [0, 0.05) is 13.1 Å². The predicted octanol–water partition coefficient (Wildman–Crippen LogP) is -0.710. The second-order valence-electron chi connectivity index (χ2n) is 2.49. The van der Waals surface area contributed by atoms with E-state index in [0.717, 1.165) is 19.1 Å². The van der Waals surface area contributed by atoms with Gasteiger partial charge >= 0.3 is 0 Å². The lowest BCUT2D eigenvalue weighted by atomic mass is 10.0. The van der Waals surface area contributed by atoms with E-state index in [1.807, 2.05) is 19.9 Å². The maximum atomic E-state index is 4.22. The smallest absolute Gasteiger partial charge is 0.231 e. The molecule has 7 heteroatoms. The van der Waals surface area contributed by atoms with Crippen LogP contribution in [0.3, 0.4) is 0 Å². The number of aromatic nitrogens is 2. The van der Waals surface area contributed by atoms with Crippen molar-refractivity contribution in [2.45, 2.75) is 6.82 Å². The standard InChI is InChI=1S/C6H13B2N5/c1-8-13-5-3-4(9-2)10-6(11-5)12-7/h3,8H,7H2,1-2H3,(H3,9,10,11,12,13). The Morgan fingerprint density at radius 2 is 2.08 bits per heavy atom. The second-order valence-corrected chi connectivity index (χ2v) is 2.49. The summed E-state index contributed by atoms with van der Waals surface area (Å²) >= 11 is 0. The SMILES string of the molecule is BNc1nc(NC)cc(NBC)n1. The summed E-state index contributed by atoms with van der Waals surface area (Å²) < 4.78 is 0. The molecule has 0 aliphatic heterocycles. The third-order valence-electron chi connectivity index (χ3n) is 1.56. The molecule has 0 saturated heterocycles. The topological polar surface area (TPSA) is 61.9 Å². The van der Waals surface area contributed by atoms with E-state index >= 15 is 0 Å². The lowest BCUT2D eigenvalue weighted by Crippen LogP contribution is -2.07. The van der Waals surface area contributed by atoms with Crippen LogP contribution >= 0.6 is 0 Å². The van der Waals surface area contributed by atoms with E-state index in [0.29, 0.717) is 5.95 Å². The van der Waals surface area contributed by atoms with Gasteiger partial charge in [-0.2, -0.15) is 9.97 Å². The quantitative estimate of drug-likeness (QED) is 0.530. The minimum absolute atomic E-state index is 0.614. The van der Waals surface area contributed by atoms with Crippen molar-refractivity contribution in [3.63, 3.8) is 0 Å². The molecule has 0 aromatic carbocycles. The fourth-order valence-electron chi connectivity index (χ4n) is 0.959. The Morgan fingerprint density at radius 1 is 1.38 bits per heavy atom.